The minimum Gasteiger partial charge on any atom is -0.497 e. The number of thioether (sulfide) groups is 1. The van der Waals surface area contributed by atoms with E-state index in [0.29, 0.717) is 26.6 Å². The molecular formula is C17H12Cl3N3O3S. The zero-order valence-electron chi connectivity index (χ0n) is 13.8. The number of carbonyl (C=O) groups excluding carboxylic acids is 1. The van der Waals surface area contributed by atoms with Crippen LogP contribution < -0.4 is 10.1 Å². The first-order valence-corrected chi connectivity index (χ1v) is 9.63. The van der Waals surface area contributed by atoms with Crippen molar-refractivity contribution in [3.05, 3.63) is 51.5 Å². The van der Waals surface area contributed by atoms with Gasteiger partial charge in [0.2, 0.25) is 11.8 Å². The molecule has 1 amide bonds. The van der Waals surface area contributed by atoms with Gasteiger partial charge in [0.25, 0.3) is 5.22 Å². The van der Waals surface area contributed by atoms with Crippen molar-refractivity contribution in [3.8, 4) is 17.2 Å². The van der Waals surface area contributed by atoms with Gasteiger partial charge in [0.15, 0.2) is 0 Å². The van der Waals surface area contributed by atoms with Crippen LogP contribution in [-0.4, -0.2) is 29.0 Å². The molecule has 0 fully saturated rings. The second kappa shape index (κ2) is 8.84. The van der Waals surface area contributed by atoms with Gasteiger partial charge in [-0.15, -0.1) is 10.2 Å². The third kappa shape index (κ3) is 5.07. The maximum absolute atomic E-state index is 12.1. The van der Waals surface area contributed by atoms with Gasteiger partial charge in [0, 0.05) is 5.56 Å². The predicted molar refractivity (Wildman–Crippen MR) is 107 cm³/mol. The van der Waals surface area contributed by atoms with Gasteiger partial charge in [0.1, 0.15) is 5.75 Å². The van der Waals surface area contributed by atoms with Crippen LogP contribution >= 0.6 is 46.6 Å². The topological polar surface area (TPSA) is 77.2 Å². The lowest BCUT2D eigenvalue weighted by Crippen LogP contribution is -2.14. The number of amides is 1. The molecule has 27 heavy (non-hydrogen) atoms. The Bertz CT molecular complexity index is 964. The summed E-state index contributed by atoms with van der Waals surface area (Å²) in [6, 6.07) is 10.2. The molecule has 0 unspecified atom stereocenters. The molecule has 0 aliphatic rings. The summed E-state index contributed by atoms with van der Waals surface area (Å²) in [7, 11) is 1.59. The molecule has 0 aliphatic heterocycles. The Labute approximate surface area is 174 Å². The van der Waals surface area contributed by atoms with E-state index in [0.717, 1.165) is 23.1 Å². The number of hydrogen-bond acceptors (Lipinski definition) is 6. The smallest absolute Gasteiger partial charge is 0.277 e. The molecule has 0 atom stereocenters. The molecule has 0 saturated heterocycles. The fourth-order valence-corrected chi connectivity index (χ4v) is 3.21. The van der Waals surface area contributed by atoms with Crippen LogP contribution in [0.1, 0.15) is 0 Å². The molecule has 140 valence electrons. The van der Waals surface area contributed by atoms with E-state index < -0.39 is 0 Å². The third-order valence-electron chi connectivity index (χ3n) is 3.35. The first kappa shape index (κ1) is 19.8. The van der Waals surface area contributed by atoms with Crippen LogP contribution in [0.4, 0.5) is 5.69 Å². The number of carbonyl (C=O) groups is 1. The Balaban J connectivity index is 1.59. The van der Waals surface area contributed by atoms with Crippen molar-refractivity contribution < 1.29 is 13.9 Å². The van der Waals surface area contributed by atoms with Crippen LogP contribution in [0, 0.1) is 0 Å². The zero-order valence-corrected chi connectivity index (χ0v) is 16.9. The van der Waals surface area contributed by atoms with Crippen molar-refractivity contribution in [2.24, 2.45) is 0 Å². The van der Waals surface area contributed by atoms with E-state index in [1.807, 2.05) is 0 Å². The van der Waals surface area contributed by atoms with Gasteiger partial charge < -0.3 is 14.5 Å². The molecule has 0 saturated carbocycles. The van der Waals surface area contributed by atoms with Crippen molar-refractivity contribution in [2.75, 3.05) is 18.2 Å². The van der Waals surface area contributed by atoms with Gasteiger partial charge in [-0.1, -0.05) is 46.6 Å². The van der Waals surface area contributed by atoms with Gasteiger partial charge in [0.05, 0.1) is 33.6 Å². The quantitative estimate of drug-likeness (QED) is 0.403. The molecule has 0 aliphatic carbocycles. The number of ether oxygens (including phenoxy) is 1. The van der Waals surface area contributed by atoms with Gasteiger partial charge in [-0.25, -0.2) is 0 Å². The highest BCUT2D eigenvalue weighted by Gasteiger charge is 2.13. The lowest BCUT2D eigenvalue weighted by Gasteiger charge is -2.07. The second-order valence-electron chi connectivity index (χ2n) is 5.18. The molecule has 6 nitrogen and oxygen atoms in total. The van der Waals surface area contributed by atoms with Crippen molar-refractivity contribution in [2.45, 2.75) is 5.22 Å². The molecule has 0 spiro atoms. The van der Waals surface area contributed by atoms with Crippen LogP contribution in [-0.2, 0) is 4.79 Å². The molecule has 10 heteroatoms. The third-order valence-corrected chi connectivity index (χ3v) is 5.21. The van der Waals surface area contributed by atoms with E-state index in [-0.39, 0.29) is 16.9 Å². The maximum Gasteiger partial charge on any atom is 0.277 e. The highest BCUT2D eigenvalue weighted by molar-refractivity contribution is 7.99. The fraction of sp³-hybridized carbons (Fsp3) is 0.118. The van der Waals surface area contributed by atoms with Crippen LogP contribution in [0.25, 0.3) is 11.5 Å². The molecule has 1 heterocycles. The molecule has 1 N–H and O–H groups in total. The van der Waals surface area contributed by atoms with Gasteiger partial charge in [-0.3, -0.25) is 4.79 Å². The predicted octanol–water partition coefficient (Wildman–Crippen LogP) is 5.44. The fourth-order valence-electron chi connectivity index (χ4n) is 2.05. The largest absolute Gasteiger partial charge is 0.497 e. The van der Waals surface area contributed by atoms with Crippen molar-refractivity contribution in [1.29, 1.82) is 0 Å². The number of methoxy groups -OCH3 is 1. The minimum atomic E-state index is -0.301. The zero-order chi connectivity index (χ0) is 19.4. The highest BCUT2D eigenvalue weighted by atomic mass is 35.5. The number of benzene rings is 2. The lowest BCUT2D eigenvalue weighted by molar-refractivity contribution is -0.113. The summed E-state index contributed by atoms with van der Waals surface area (Å²) in [6.07, 6.45) is 0. The summed E-state index contributed by atoms with van der Waals surface area (Å²) in [6.45, 7) is 0. The lowest BCUT2D eigenvalue weighted by atomic mass is 10.2. The number of nitrogens with zero attached hydrogens (tertiary/aromatic N) is 2. The van der Waals surface area contributed by atoms with Crippen LogP contribution in [0.15, 0.2) is 46.0 Å². The molecule has 2 aromatic carbocycles. The Hall–Kier alpha value is -1.93. The molecule has 0 radical (unpaired) electrons. The molecule has 1 aromatic heterocycles. The number of halogens is 3. The summed E-state index contributed by atoms with van der Waals surface area (Å²) in [4.78, 5) is 12.1. The number of anilines is 1. The number of nitrogens with one attached hydrogen (secondary N) is 1. The van der Waals surface area contributed by atoms with E-state index in [1.54, 1.807) is 31.4 Å². The summed E-state index contributed by atoms with van der Waals surface area (Å²) >= 11 is 18.9. The standard InChI is InChI=1S/C17H12Cl3N3O3S/c1-25-10-4-2-9(3-5-10)16-22-23-17(26-16)27-8-15(24)21-14-7-12(19)11(18)6-13(14)20/h2-7H,8H2,1H3,(H,21,24). The Morgan fingerprint density at radius 1 is 1.11 bits per heavy atom. The van der Waals surface area contributed by atoms with Gasteiger partial charge in [-0.2, -0.15) is 0 Å². The second-order valence-corrected chi connectivity index (χ2v) is 7.33. The summed E-state index contributed by atoms with van der Waals surface area (Å²) < 4.78 is 10.7. The van der Waals surface area contributed by atoms with E-state index in [4.69, 9.17) is 44.0 Å². The van der Waals surface area contributed by atoms with E-state index in [2.05, 4.69) is 15.5 Å². The maximum atomic E-state index is 12.1. The van der Waals surface area contributed by atoms with Gasteiger partial charge >= 0.3 is 0 Å². The Kier molecular flexibility index (Phi) is 6.49. The first-order chi connectivity index (χ1) is 13.0. The number of aromatic nitrogens is 2. The van der Waals surface area contributed by atoms with Crippen molar-refractivity contribution >= 4 is 58.2 Å². The van der Waals surface area contributed by atoms with E-state index in [9.17, 15) is 4.79 Å². The van der Waals surface area contributed by atoms with Gasteiger partial charge in [-0.05, 0) is 36.4 Å². The summed E-state index contributed by atoms with van der Waals surface area (Å²) in [5, 5.41) is 11.7. The van der Waals surface area contributed by atoms with Crippen molar-refractivity contribution in [3.63, 3.8) is 0 Å². The Morgan fingerprint density at radius 3 is 2.52 bits per heavy atom. The molecular weight excluding hydrogens is 433 g/mol. The SMILES string of the molecule is COc1ccc(-c2nnc(SCC(=O)Nc3cc(Cl)c(Cl)cc3Cl)o2)cc1. The first-order valence-electron chi connectivity index (χ1n) is 7.51. The molecule has 3 rings (SSSR count). The van der Waals surface area contributed by atoms with Crippen molar-refractivity contribution in [1.82, 2.24) is 10.2 Å². The van der Waals surface area contributed by atoms with Crippen LogP contribution in [0.2, 0.25) is 15.1 Å². The normalized spacial score (nSPS) is 10.7. The number of hydrogen-bond donors (Lipinski definition) is 1. The van der Waals surface area contributed by atoms with Crippen LogP contribution in [0.3, 0.4) is 0 Å². The number of rotatable bonds is 6. The average Bonchev–Trinajstić information content (AvgIpc) is 3.13. The summed E-state index contributed by atoms with van der Waals surface area (Å²) in [5.74, 6) is 0.837. The van der Waals surface area contributed by atoms with E-state index >= 15 is 0 Å². The highest BCUT2D eigenvalue weighted by Crippen LogP contribution is 2.32. The van der Waals surface area contributed by atoms with E-state index in [1.165, 1.54) is 12.1 Å². The summed E-state index contributed by atoms with van der Waals surface area (Å²) in [5.41, 5.74) is 1.13. The molecule has 0 bridgehead atoms. The minimum absolute atomic E-state index is 0.0564. The monoisotopic (exact) mass is 443 g/mol. The molecule has 3 aromatic rings. The average molecular weight is 445 g/mol. The van der Waals surface area contributed by atoms with Crippen LogP contribution in [0.5, 0.6) is 5.75 Å². The Morgan fingerprint density at radius 2 is 1.81 bits per heavy atom.